The molecule has 2 aliphatic heterocycles. The molecule has 126 valence electrons. The highest BCUT2D eigenvalue weighted by atomic mass is 16.5. The highest BCUT2D eigenvalue weighted by Gasteiger charge is 2.30. The molecule has 6 nitrogen and oxygen atoms in total. The third-order valence-electron chi connectivity index (χ3n) is 4.90. The summed E-state index contributed by atoms with van der Waals surface area (Å²) in [7, 11) is 0. The van der Waals surface area contributed by atoms with Gasteiger partial charge in [-0.2, -0.15) is 5.10 Å². The van der Waals surface area contributed by atoms with Gasteiger partial charge < -0.3 is 14.7 Å². The van der Waals surface area contributed by atoms with Gasteiger partial charge in [0.05, 0.1) is 13.2 Å². The third-order valence-corrected chi connectivity index (χ3v) is 4.90. The van der Waals surface area contributed by atoms with Crippen LogP contribution in [0.1, 0.15) is 23.2 Å². The Kier molecular flexibility index (Phi) is 3.98. The summed E-state index contributed by atoms with van der Waals surface area (Å²) in [5.41, 5.74) is 2.94. The summed E-state index contributed by atoms with van der Waals surface area (Å²) in [6, 6.07) is 7.66. The van der Waals surface area contributed by atoms with Crippen LogP contribution in [0.25, 0.3) is 0 Å². The Morgan fingerprint density at radius 3 is 3.12 bits per heavy atom. The highest BCUT2D eigenvalue weighted by Crippen LogP contribution is 2.27. The van der Waals surface area contributed by atoms with Crippen LogP contribution >= 0.6 is 0 Å². The number of fused-ring (bicyclic) bond motifs is 2. The van der Waals surface area contributed by atoms with E-state index >= 15 is 0 Å². The van der Waals surface area contributed by atoms with E-state index in [-0.39, 0.29) is 18.4 Å². The molecule has 1 unspecified atom stereocenters. The topological polar surface area (TPSA) is 67.6 Å². The van der Waals surface area contributed by atoms with Crippen molar-refractivity contribution in [1.82, 2.24) is 14.7 Å². The number of nitrogens with zero attached hydrogens (tertiary/aromatic N) is 3. The number of carbonyl (C=O) groups excluding carboxylic acids is 1. The highest BCUT2D eigenvalue weighted by molar-refractivity contribution is 5.79. The molecule has 4 rings (SSSR count). The zero-order chi connectivity index (χ0) is 16.5. The first-order valence-electron chi connectivity index (χ1n) is 8.39. The Morgan fingerprint density at radius 1 is 1.33 bits per heavy atom. The fourth-order valence-electron chi connectivity index (χ4n) is 3.57. The lowest BCUT2D eigenvalue weighted by Crippen LogP contribution is -2.40. The Balaban J connectivity index is 1.52. The van der Waals surface area contributed by atoms with Crippen molar-refractivity contribution in [2.75, 3.05) is 13.2 Å². The summed E-state index contributed by atoms with van der Waals surface area (Å²) >= 11 is 0. The molecule has 2 aliphatic rings. The maximum atomic E-state index is 13.0. The van der Waals surface area contributed by atoms with Crippen LogP contribution in [0.2, 0.25) is 0 Å². The molecule has 6 heteroatoms. The molecular formula is C18H21N3O3. The maximum Gasteiger partial charge on any atom is 0.226 e. The van der Waals surface area contributed by atoms with E-state index in [0.717, 1.165) is 42.0 Å². The zero-order valence-corrected chi connectivity index (χ0v) is 13.5. The summed E-state index contributed by atoms with van der Waals surface area (Å²) in [5.74, 6) is 1.01. The zero-order valence-electron chi connectivity index (χ0n) is 13.5. The van der Waals surface area contributed by atoms with Gasteiger partial charge >= 0.3 is 0 Å². The van der Waals surface area contributed by atoms with Crippen molar-refractivity contribution >= 4 is 5.91 Å². The minimum atomic E-state index is -0.00611. The van der Waals surface area contributed by atoms with Crippen molar-refractivity contribution in [3.63, 3.8) is 0 Å². The van der Waals surface area contributed by atoms with Gasteiger partial charge in [0.15, 0.2) is 0 Å². The lowest BCUT2D eigenvalue weighted by Gasteiger charge is -2.28. The molecule has 0 aliphatic carbocycles. The monoisotopic (exact) mass is 327 g/mol. The SMILES string of the molecule is O=C(C1CCn2nccc2C1)N1CCOc2ccc(CO)cc2C1. The van der Waals surface area contributed by atoms with Gasteiger partial charge in [-0.25, -0.2) is 0 Å². The Morgan fingerprint density at radius 2 is 2.25 bits per heavy atom. The average molecular weight is 327 g/mol. The van der Waals surface area contributed by atoms with Crippen LogP contribution in [0.3, 0.4) is 0 Å². The number of carbonyl (C=O) groups is 1. The molecule has 1 amide bonds. The van der Waals surface area contributed by atoms with E-state index < -0.39 is 0 Å². The maximum absolute atomic E-state index is 13.0. The standard InChI is InChI=1S/C18H21N3O3/c22-12-13-1-2-17-15(9-13)11-20(7-8-24-17)18(23)14-4-6-21-16(10-14)3-5-19-21/h1-3,5,9,14,22H,4,6-8,10-12H2. The van der Waals surface area contributed by atoms with E-state index in [9.17, 15) is 9.90 Å². The van der Waals surface area contributed by atoms with Crippen molar-refractivity contribution < 1.29 is 14.6 Å². The second-order valence-electron chi connectivity index (χ2n) is 6.44. The molecule has 0 spiro atoms. The predicted octanol–water partition coefficient (Wildman–Crippen LogP) is 1.36. The van der Waals surface area contributed by atoms with Crippen LogP contribution in [0, 0.1) is 5.92 Å². The summed E-state index contributed by atoms with van der Waals surface area (Å²) in [6.07, 6.45) is 3.38. The first-order chi connectivity index (χ1) is 11.7. The number of aromatic nitrogens is 2. The molecule has 2 aromatic rings. The minimum absolute atomic E-state index is 0.00611. The molecular weight excluding hydrogens is 306 g/mol. The lowest BCUT2D eigenvalue weighted by atomic mass is 9.94. The molecule has 0 radical (unpaired) electrons. The number of benzene rings is 1. The van der Waals surface area contributed by atoms with Gasteiger partial charge in [-0.1, -0.05) is 6.07 Å². The summed E-state index contributed by atoms with van der Waals surface area (Å²) in [6.45, 7) is 2.43. The summed E-state index contributed by atoms with van der Waals surface area (Å²) < 4.78 is 7.75. The second kappa shape index (κ2) is 6.28. The quantitative estimate of drug-likeness (QED) is 0.904. The molecule has 0 saturated heterocycles. The van der Waals surface area contributed by atoms with Crippen LogP contribution in [-0.2, 0) is 30.9 Å². The van der Waals surface area contributed by atoms with Crippen molar-refractivity contribution in [2.45, 2.75) is 32.5 Å². The smallest absolute Gasteiger partial charge is 0.226 e. The molecule has 24 heavy (non-hydrogen) atoms. The average Bonchev–Trinajstić information content (AvgIpc) is 2.98. The fraction of sp³-hybridized carbons (Fsp3) is 0.444. The first kappa shape index (κ1) is 15.2. The van der Waals surface area contributed by atoms with E-state index in [2.05, 4.69) is 5.10 Å². The van der Waals surface area contributed by atoms with Crippen LogP contribution in [-0.4, -0.2) is 38.8 Å². The van der Waals surface area contributed by atoms with E-state index in [1.165, 1.54) is 0 Å². The number of amides is 1. The van der Waals surface area contributed by atoms with Gasteiger partial charge in [-0.05, 0) is 30.2 Å². The van der Waals surface area contributed by atoms with E-state index in [4.69, 9.17) is 4.74 Å². The predicted molar refractivity (Wildman–Crippen MR) is 87.3 cm³/mol. The van der Waals surface area contributed by atoms with Gasteiger partial charge in [-0.15, -0.1) is 0 Å². The molecule has 1 aromatic carbocycles. The molecule has 0 bridgehead atoms. The third kappa shape index (κ3) is 2.78. The van der Waals surface area contributed by atoms with Gasteiger partial charge in [0.1, 0.15) is 12.4 Å². The van der Waals surface area contributed by atoms with Crippen LogP contribution in [0.4, 0.5) is 0 Å². The van der Waals surface area contributed by atoms with Crippen molar-refractivity contribution in [2.24, 2.45) is 5.92 Å². The molecule has 3 heterocycles. The summed E-state index contributed by atoms with van der Waals surface area (Å²) in [5, 5.41) is 13.6. The number of hydrogen-bond donors (Lipinski definition) is 1. The molecule has 0 saturated carbocycles. The van der Waals surface area contributed by atoms with Gasteiger partial charge in [0, 0.05) is 42.9 Å². The Bertz CT molecular complexity index is 756. The lowest BCUT2D eigenvalue weighted by molar-refractivity contribution is -0.137. The number of aliphatic hydroxyl groups is 1. The van der Waals surface area contributed by atoms with E-state index in [1.807, 2.05) is 33.8 Å². The van der Waals surface area contributed by atoms with Gasteiger partial charge in [0.25, 0.3) is 0 Å². The molecule has 1 atom stereocenters. The number of hydrogen-bond acceptors (Lipinski definition) is 4. The first-order valence-corrected chi connectivity index (χ1v) is 8.39. The number of aryl methyl sites for hydroxylation is 1. The number of rotatable bonds is 2. The Hall–Kier alpha value is -2.34. The van der Waals surface area contributed by atoms with Crippen LogP contribution in [0.5, 0.6) is 5.75 Å². The minimum Gasteiger partial charge on any atom is -0.491 e. The van der Waals surface area contributed by atoms with Crippen molar-refractivity contribution in [1.29, 1.82) is 0 Å². The number of aliphatic hydroxyl groups excluding tert-OH is 1. The van der Waals surface area contributed by atoms with Crippen LogP contribution < -0.4 is 4.74 Å². The molecule has 1 aromatic heterocycles. The summed E-state index contributed by atoms with van der Waals surface area (Å²) in [4.78, 5) is 14.9. The normalized spacial score (nSPS) is 19.9. The Labute approximate surface area is 140 Å². The fourth-order valence-corrected chi connectivity index (χ4v) is 3.57. The van der Waals surface area contributed by atoms with E-state index in [1.54, 1.807) is 6.20 Å². The van der Waals surface area contributed by atoms with E-state index in [0.29, 0.717) is 19.7 Å². The molecule has 0 fully saturated rings. The number of ether oxygens (including phenoxy) is 1. The largest absolute Gasteiger partial charge is 0.491 e. The second-order valence-corrected chi connectivity index (χ2v) is 6.44. The van der Waals surface area contributed by atoms with Crippen molar-refractivity contribution in [3.8, 4) is 5.75 Å². The molecule has 1 N–H and O–H groups in total. The van der Waals surface area contributed by atoms with Gasteiger partial charge in [-0.3, -0.25) is 9.48 Å². The van der Waals surface area contributed by atoms with Crippen molar-refractivity contribution in [3.05, 3.63) is 47.3 Å². The van der Waals surface area contributed by atoms with Gasteiger partial charge in [0.2, 0.25) is 5.91 Å². The van der Waals surface area contributed by atoms with Crippen LogP contribution in [0.15, 0.2) is 30.5 Å².